The van der Waals surface area contributed by atoms with Gasteiger partial charge in [-0.15, -0.1) is 0 Å². The van der Waals surface area contributed by atoms with E-state index < -0.39 is 11.8 Å². The van der Waals surface area contributed by atoms with Crippen LogP contribution in [0.1, 0.15) is 10.4 Å². The predicted octanol–water partition coefficient (Wildman–Crippen LogP) is 2.47. The number of carboxylic acid groups (broad SMARTS) is 1. The highest BCUT2D eigenvalue weighted by Crippen LogP contribution is 2.26. The third-order valence-electron chi connectivity index (χ3n) is 3.10. The van der Waals surface area contributed by atoms with Gasteiger partial charge in [0.15, 0.2) is 0 Å². The number of pyridine rings is 1. The van der Waals surface area contributed by atoms with Crippen LogP contribution in [0.5, 0.6) is 0 Å². The van der Waals surface area contributed by atoms with Crippen molar-refractivity contribution in [1.82, 2.24) is 14.8 Å². The lowest BCUT2D eigenvalue weighted by Crippen LogP contribution is -2.03. The van der Waals surface area contributed by atoms with Crippen molar-refractivity contribution < 1.29 is 14.3 Å². The smallest absolute Gasteiger partial charge is 0.336 e. The molecule has 6 heteroatoms. The van der Waals surface area contributed by atoms with Crippen molar-refractivity contribution in [3.8, 4) is 11.4 Å². The molecular weight excluding hydrogens is 261 g/mol. The molecule has 0 amide bonds. The van der Waals surface area contributed by atoms with Crippen LogP contribution in [0, 0.1) is 5.82 Å². The first-order valence-electron chi connectivity index (χ1n) is 5.89. The molecule has 100 valence electrons. The van der Waals surface area contributed by atoms with E-state index in [4.69, 9.17) is 0 Å². The number of nitrogens with zero attached hydrogens (tertiary/aromatic N) is 3. The Morgan fingerprint density at radius 2 is 2.15 bits per heavy atom. The number of aryl methyl sites for hydroxylation is 1. The normalized spacial score (nSPS) is 10.9. The second-order valence-electron chi connectivity index (χ2n) is 4.34. The maximum absolute atomic E-state index is 13.9. The van der Waals surface area contributed by atoms with Crippen LogP contribution in [-0.4, -0.2) is 25.8 Å². The van der Waals surface area contributed by atoms with E-state index in [0.717, 1.165) is 0 Å². The second kappa shape index (κ2) is 4.41. The van der Waals surface area contributed by atoms with Gasteiger partial charge in [0.25, 0.3) is 0 Å². The van der Waals surface area contributed by atoms with Crippen LogP contribution in [0.25, 0.3) is 22.3 Å². The van der Waals surface area contributed by atoms with Crippen LogP contribution in [0.2, 0.25) is 0 Å². The molecule has 2 heterocycles. The summed E-state index contributed by atoms with van der Waals surface area (Å²) in [6, 6.07) is 7.40. The lowest BCUT2D eigenvalue weighted by molar-refractivity contribution is 0.0699. The van der Waals surface area contributed by atoms with Gasteiger partial charge in [-0.1, -0.05) is 12.1 Å². The fourth-order valence-corrected chi connectivity index (χ4v) is 2.15. The summed E-state index contributed by atoms with van der Waals surface area (Å²) in [5.41, 5.74) is 1.06. The Bertz CT molecular complexity index is 826. The van der Waals surface area contributed by atoms with Gasteiger partial charge >= 0.3 is 5.97 Å². The Morgan fingerprint density at radius 3 is 2.80 bits per heavy atom. The van der Waals surface area contributed by atoms with Crippen LogP contribution < -0.4 is 0 Å². The van der Waals surface area contributed by atoms with Crippen LogP contribution >= 0.6 is 0 Å². The first-order chi connectivity index (χ1) is 9.58. The minimum absolute atomic E-state index is 0.0192. The molecule has 0 aliphatic heterocycles. The predicted molar refractivity (Wildman–Crippen MR) is 70.9 cm³/mol. The zero-order valence-corrected chi connectivity index (χ0v) is 10.5. The molecule has 0 aliphatic rings. The molecule has 1 aromatic carbocycles. The molecule has 0 atom stereocenters. The van der Waals surface area contributed by atoms with Gasteiger partial charge in [0.05, 0.1) is 17.0 Å². The Labute approximate surface area is 113 Å². The first-order valence-corrected chi connectivity index (χ1v) is 5.89. The SMILES string of the molecule is Cn1nccc1-c1cc(C(=O)O)c2cccc(F)c2n1. The molecular formula is C14H10FN3O2. The van der Waals surface area contributed by atoms with Crippen molar-refractivity contribution in [2.45, 2.75) is 0 Å². The van der Waals surface area contributed by atoms with E-state index in [2.05, 4.69) is 10.1 Å². The third kappa shape index (κ3) is 1.82. The van der Waals surface area contributed by atoms with Gasteiger partial charge in [-0.2, -0.15) is 5.10 Å². The van der Waals surface area contributed by atoms with Gasteiger partial charge in [-0.3, -0.25) is 4.68 Å². The maximum Gasteiger partial charge on any atom is 0.336 e. The van der Waals surface area contributed by atoms with Gasteiger partial charge < -0.3 is 5.11 Å². The first kappa shape index (κ1) is 12.3. The molecule has 20 heavy (non-hydrogen) atoms. The highest BCUT2D eigenvalue weighted by atomic mass is 19.1. The summed E-state index contributed by atoms with van der Waals surface area (Å²) in [7, 11) is 1.71. The summed E-state index contributed by atoms with van der Waals surface area (Å²) in [5.74, 6) is -1.67. The summed E-state index contributed by atoms with van der Waals surface area (Å²) in [6.07, 6.45) is 1.57. The summed E-state index contributed by atoms with van der Waals surface area (Å²) >= 11 is 0. The van der Waals surface area contributed by atoms with Gasteiger partial charge in [0, 0.05) is 18.6 Å². The van der Waals surface area contributed by atoms with Crippen LogP contribution in [0.3, 0.4) is 0 Å². The molecule has 0 saturated heterocycles. The van der Waals surface area contributed by atoms with Crippen LogP contribution in [-0.2, 0) is 7.05 Å². The molecule has 0 bridgehead atoms. The minimum atomic E-state index is -1.12. The van der Waals surface area contributed by atoms with Gasteiger partial charge in [0.1, 0.15) is 11.3 Å². The Morgan fingerprint density at radius 1 is 1.35 bits per heavy atom. The molecule has 3 rings (SSSR count). The van der Waals surface area contributed by atoms with Crippen molar-refractivity contribution >= 4 is 16.9 Å². The van der Waals surface area contributed by atoms with Crippen LogP contribution in [0.4, 0.5) is 4.39 Å². The lowest BCUT2D eigenvalue weighted by atomic mass is 10.1. The number of hydrogen-bond donors (Lipinski definition) is 1. The molecule has 0 aliphatic carbocycles. The highest BCUT2D eigenvalue weighted by molar-refractivity contribution is 6.03. The van der Waals surface area contributed by atoms with Crippen LogP contribution in [0.15, 0.2) is 36.5 Å². The van der Waals surface area contributed by atoms with Gasteiger partial charge in [0.2, 0.25) is 0 Å². The van der Waals surface area contributed by atoms with Gasteiger partial charge in [-0.05, 0) is 18.2 Å². The summed E-state index contributed by atoms with van der Waals surface area (Å²) in [6.45, 7) is 0. The zero-order chi connectivity index (χ0) is 14.3. The van der Waals surface area contributed by atoms with Crippen molar-refractivity contribution in [3.05, 3.63) is 47.9 Å². The Kier molecular flexibility index (Phi) is 2.71. The molecule has 2 aromatic heterocycles. The van der Waals surface area contributed by atoms with E-state index in [1.807, 2.05) is 0 Å². The highest BCUT2D eigenvalue weighted by Gasteiger charge is 2.16. The summed E-state index contributed by atoms with van der Waals surface area (Å²) in [4.78, 5) is 15.6. The summed E-state index contributed by atoms with van der Waals surface area (Å²) in [5, 5.41) is 13.6. The fourth-order valence-electron chi connectivity index (χ4n) is 2.15. The topological polar surface area (TPSA) is 68.0 Å². The van der Waals surface area contributed by atoms with Gasteiger partial charge in [-0.25, -0.2) is 14.2 Å². The molecule has 0 saturated carbocycles. The molecule has 0 spiro atoms. The molecule has 0 fully saturated rings. The Balaban J connectivity index is 2.39. The number of carboxylic acids is 1. The number of benzene rings is 1. The molecule has 1 N–H and O–H groups in total. The molecule has 3 aromatic rings. The van der Waals surface area contributed by atoms with Crippen molar-refractivity contribution in [2.24, 2.45) is 7.05 Å². The van der Waals surface area contributed by atoms with E-state index in [-0.39, 0.29) is 16.5 Å². The number of carbonyl (C=O) groups is 1. The second-order valence-corrected chi connectivity index (χ2v) is 4.34. The lowest BCUT2D eigenvalue weighted by Gasteiger charge is -2.07. The van der Waals surface area contributed by atoms with Crippen molar-refractivity contribution in [3.63, 3.8) is 0 Å². The molecule has 0 unspecified atom stereocenters. The Hall–Kier alpha value is -2.76. The fraction of sp³-hybridized carbons (Fsp3) is 0.0714. The summed E-state index contributed by atoms with van der Waals surface area (Å²) < 4.78 is 15.4. The van der Waals surface area contributed by atoms with E-state index in [1.165, 1.54) is 18.2 Å². The zero-order valence-electron chi connectivity index (χ0n) is 10.5. The number of halogens is 1. The monoisotopic (exact) mass is 271 g/mol. The van der Waals surface area contributed by atoms with E-state index >= 15 is 0 Å². The molecule has 5 nitrogen and oxygen atoms in total. The van der Waals surface area contributed by atoms with E-state index in [9.17, 15) is 14.3 Å². The number of rotatable bonds is 2. The average molecular weight is 271 g/mol. The number of hydrogen-bond acceptors (Lipinski definition) is 3. The quantitative estimate of drug-likeness (QED) is 0.777. The van der Waals surface area contributed by atoms with E-state index in [0.29, 0.717) is 11.4 Å². The number of fused-ring (bicyclic) bond motifs is 1. The van der Waals surface area contributed by atoms with E-state index in [1.54, 1.807) is 30.1 Å². The molecule has 0 radical (unpaired) electrons. The number of para-hydroxylation sites is 1. The standard InChI is InChI=1S/C14H10FN3O2/c1-18-12(5-6-16-18)11-7-9(14(19)20)8-3-2-4-10(15)13(8)17-11/h2-7H,1H3,(H,19,20). The average Bonchev–Trinajstić information content (AvgIpc) is 2.84. The third-order valence-corrected chi connectivity index (χ3v) is 3.10. The number of aromatic nitrogens is 3. The largest absolute Gasteiger partial charge is 0.478 e. The number of aromatic carboxylic acids is 1. The maximum atomic E-state index is 13.9. The van der Waals surface area contributed by atoms with Crippen molar-refractivity contribution in [2.75, 3.05) is 0 Å². The van der Waals surface area contributed by atoms with Crippen molar-refractivity contribution in [1.29, 1.82) is 0 Å². The minimum Gasteiger partial charge on any atom is -0.478 e.